The molecule has 7 nitrogen and oxygen atoms in total. The number of nitriles is 1. The summed E-state index contributed by atoms with van der Waals surface area (Å²) in [6.45, 7) is 0. The highest BCUT2D eigenvalue weighted by atomic mass is 35.5. The first-order valence-electron chi connectivity index (χ1n) is 8.01. The lowest BCUT2D eigenvalue weighted by atomic mass is 10.1. The Morgan fingerprint density at radius 1 is 1.26 bits per heavy atom. The van der Waals surface area contributed by atoms with Crippen molar-refractivity contribution in [2.24, 2.45) is 7.05 Å². The van der Waals surface area contributed by atoms with Crippen LogP contribution in [0, 0.1) is 11.3 Å². The fraction of sp³-hybridized carbons (Fsp3) is 0.118. The minimum Gasteiger partial charge on any atom is -0.374 e. The van der Waals surface area contributed by atoms with Crippen LogP contribution in [-0.2, 0) is 21.3 Å². The van der Waals surface area contributed by atoms with Gasteiger partial charge in [0.25, 0.3) is 0 Å². The number of benzene rings is 1. The van der Waals surface area contributed by atoms with E-state index in [2.05, 4.69) is 14.3 Å². The van der Waals surface area contributed by atoms with Gasteiger partial charge in [-0.2, -0.15) is 31.9 Å². The van der Waals surface area contributed by atoms with Crippen molar-refractivity contribution in [3.63, 3.8) is 0 Å². The Labute approximate surface area is 188 Å². The van der Waals surface area contributed by atoms with E-state index in [0.29, 0.717) is 11.3 Å². The van der Waals surface area contributed by atoms with Crippen molar-refractivity contribution in [2.75, 3.05) is 0 Å². The highest BCUT2D eigenvalue weighted by Gasteiger charge is 2.50. The molecule has 14 heteroatoms. The lowest BCUT2D eigenvalue weighted by molar-refractivity contribution is -0.0509. The molecule has 3 aromatic rings. The van der Waals surface area contributed by atoms with E-state index in [1.807, 2.05) is 0 Å². The van der Waals surface area contributed by atoms with Gasteiger partial charge in [-0.1, -0.05) is 53.5 Å². The van der Waals surface area contributed by atoms with Crippen molar-refractivity contribution in [3.8, 4) is 17.3 Å². The summed E-state index contributed by atoms with van der Waals surface area (Å²) in [7, 11) is -4.85. The highest BCUT2D eigenvalue weighted by molar-refractivity contribution is 7.87. The Bertz CT molecular complexity index is 1310. The number of alkyl halides is 3. The quantitative estimate of drug-likeness (QED) is 0.205. The average Bonchev–Trinajstić information content (AvgIpc) is 3.26. The monoisotopic (exact) mass is 508 g/mol. The van der Waals surface area contributed by atoms with E-state index < -0.39 is 37.7 Å². The van der Waals surface area contributed by atoms with Gasteiger partial charge in [-0.15, -0.1) is 11.3 Å². The Kier molecular flexibility index (Phi) is 6.33. The topological polar surface area (TPSA) is 97.9 Å². The average molecular weight is 509 g/mol. The summed E-state index contributed by atoms with van der Waals surface area (Å²) in [5.41, 5.74) is -5.79. The third-order valence-electron chi connectivity index (χ3n) is 3.76. The van der Waals surface area contributed by atoms with Crippen LogP contribution in [0.4, 0.5) is 13.2 Å². The maximum atomic E-state index is 13.0. The number of hydrogen-bond acceptors (Lipinski definition) is 7. The lowest BCUT2D eigenvalue weighted by Gasteiger charge is -2.13. The van der Waals surface area contributed by atoms with Crippen molar-refractivity contribution in [2.45, 2.75) is 5.51 Å². The zero-order valence-corrected chi connectivity index (χ0v) is 18.3. The molecule has 0 bridgehead atoms. The van der Waals surface area contributed by atoms with E-state index in [4.69, 9.17) is 23.2 Å². The van der Waals surface area contributed by atoms with E-state index in [1.54, 1.807) is 41.8 Å². The van der Waals surface area contributed by atoms with Crippen LogP contribution in [0.3, 0.4) is 0 Å². The van der Waals surface area contributed by atoms with E-state index in [1.165, 1.54) is 7.05 Å². The minimum atomic E-state index is -6.16. The molecule has 162 valence electrons. The third-order valence-corrected chi connectivity index (χ3v) is 6.28. The van der Waals surface area contributed by atoms with Gasteiger partial charge in [0.15, 0.2) is 10.9 Å². The molecule has 0 amide bonds. The smallest absolute Gasteiger partial charge is 0.374 e. The Morgan fingerprint density at radius 2 is 1.90 bits per heavy atom. The molecular weight excluding hydrogens is 500 g/mol. The molecule has 0 aliphatic rings. The van der Waals surface area contributed by atoms with Gasteiger partial charge in [-0.3, -0.25) is 4.68 Å². The van der Waals surface area contributed by atoms with Crippen LogP contribution in [0.1, 0.15) is 10.6 Å². The Hall–Kier alpha value is -2.59. The summed E-state index contributed by atoms with van der Waals surface area (Å²) < 4.78 is 67.7. The van der Waals surface area contributed by atoms with Crippen molar-refractivity contribution in [1.29, 1.82) is 5.26 Å². The number of allylic oxidation sites excluding steroid dienone is 1. The second kappa shape index (κ2) is 8.51. The number of nitrogens with zero attached hydrogens (tertiary/aromatic N) is 4. The standard InChI is InChI=1S/C17H9Cl2F3N4O3S2/c1-26-15(19)12(14(18)25-26)13(29-31(27,28)17(20,21)22)10(7-23)16-24-11(8-30-16)9-5-3-2-4-6-9/h2-6,8H,1H3. The van der Waals surface area contributed by atoms with Gasteiger partial charge in [-0.25, -0.2) is 4.98 Å². The predicted molar refractivity (Wildman–Crippen MR) is 109 cm³/mol. The molecule has 0 spiro atoms. The fourth-order valence-corrected chi connectivity index (χ4v) is 4.20. The summed E-state index contributed by atoms with van der Waals surface area (Å²) in [6.07, 6.45) is 0. The first-order valence-corrected chi connectivity index (χ1v) is 11.1. The molecule has 0 aliphatic heterocycles. The minimum absolute atomic E-state index is 0.107. The molecule has 0 saturated heterocycles. The van der Waals surface area contributed by atoms with Crippen molar-refractivity contribution in [1.82, 2.24) is 14.8 Å². The normalized spacial score (nSPS) is 12.9. The van der Waals surface area contributed by atoms with E-state index in [0.717, 1.165) is 16.0 Å². The summed E-state index contributed by atoms with van der Waals surface area (Å²) >= 11 is 12.9. The molecule has 2 heterocycles. The van der Waals surface area contributed by atoms with E-state index in [9.17, 15) is 26.9 Å². The molecule has 3 rings (SSSR count). The maximum Gasteiger partial charge on any atom is 0.534 e. The Morgan fingerprint density at radius 3 is 2.42 bits per heavy atom. The number of aryl methyl sites for hydroxylation is 1. The summed E-state index contributed by atoms with van der Waals surface area (Å²) in [4.78, 5) is 4.23. The van der Waals surface area contributed by atoms with Crippen LogP contribution in [-0.4, -0.2) is 28.7 Å². The number of halogens is 5. The molecule has 2 aromatic heterocycles. The van der Waals surface area contributed by atoms with Crippen LogP contribution in [0.15, 0.2) is 35.7 Å². The van der Waals surface area contributed by atoms with Gasteiger partial charge in [0.1, 0.15) is 21.8 Å². The predicted octanol–water partition coefficient (Wildman–Crippen LogP) is 5.11. The van der Waals surface area contributed by atoms with Gasteiger partial charge < -0.3 is 4.18 Å². The van der Waals surface area contributed by atoms with Crippen molar-refractivity contribution < 1.29 is 25.8 Å². The van der Waals surface area contributed by atoms with Gasteiger partial charge in [0.2, 0.25) is 0 Å². The molecule has 0 atom stereocenters. The first kappa shape index (κ1) is 23.1. The van der Waals surface area contributed by atoms with Gasteiger partial charge in [0, 0.05) is 18.0 Å². The zero-order valence-electron chi connectivity index (χ0n) is 15.2. The number of thiazole rings is 1. The second-order valence-corrected chi connectivity index (χ2v) is 8.90. The van der Waals surface area contributed by atoms with Crippen molar-refractivity contribution in [3.05, 3.63) is 56.6 Å². The molecule has 0 radical (unpaired) electrons. The highest BCUT2D eigenvalue weighted by Crippen LogP contribution is 2.40. The molecule has 1 aromatic carbocycles. The van der Waals surface area contributed by atoms with Crippen LogP contribution >= 0.6 is 34.5 Å². The SMILES string of the molecule is Cn1nc(Cl)c(C(OS(=O)(=O)C(F)(F)F)=C(C#N)c2nc(-c3ccccc3)cs2)c1Cl. The van der Waals surface area contributed by atoms with Crippen LogP contribution in [0.2, 0.25) is 10.3 Å². The summed E-state index contributed by atoms with van der Waals surface area (Å²) in [5, 5.41) is 14.0. The van der Waals surface area contributed by atoms with E-state index in [-0.39, 0.29) is 10.2 Å². The number of hydrogen-bond donors (Lipinski definition) is 0. The molecule has 0 aliphatic carbocycles. The second-order valence-electron chi connectivity index (χ2n) is 5.78. The largest absolute Gasteiger partial charge is 0.534 e. The summed E-state index contributed by atoms with van der Waals surface area (Å²) in [5.74, 6) is -1.03. The van der Waals surface area contributed by atoms with Crippen LogP contribution in [0.25, 0.3) is 22.6 Å². The van der Waals surface area contributed by atoms with Crippen LogP contribution < -0.4 is 0 Å². The van der Waals surface area contributed by atoms with Gasteiger partial charge >= 0.3 is 15.6 Å². The van der Waals surface area contributed by atoms with Crippen LogP contribution in [0.5, 0.6) is 0 Å². The number of rotatable bonds is 5. The molecule has 0 saturated carbocycles. The molecule has 0 unspecified atom stereocenters. The molecule has 0 N–H and O–H groups in total. The summed E-state index contributed by atoms with van der Waals surface area (Å²) in [6, 6.07) is 10.4. The Balaban J connectivity index is 2.26. The lowest BCUT2D eigenvalue weighted by Crippen LogP contribution is -2.25. The fourth-order valence-electron chi connectivity index (χ4n) is 2.35. The molecular formula is C17H9Cl2F3N4O3S2. The van der Waals surface area contributed by atoms with Gasteiger partial charge in [-0.05, 0) is 0 Å². The van der Waals surface area contributed by atoms with Gasteiger partial charge in [0.05, 0.1) is 11.3 Å². The molecule has 0 fully saturated rings. The number of aromatic nitrogens is 3. The maximum absolute atomic E-state index is 13.0. The molecule has 31 heavy (non-hydrogen) atoms. The van der Waals surface area contributed by atoms with E-state index >= 15 is 0 Å². The zero-order chi connectivity index (χ0) is 23.0. The first-order chi connectivity index (χ1) is 14.5. The third kappa shape index (κ3) is 4.54. The van der Waals surface area contributed by atoms with Crippen molar-refractivity contribution >= 4 is 56.0 Å².